The van der Waals surface area contributed by atoms with Crippen LogP contribution in [0.1, 0.15) is 22.8 Å². The number of hydrogen-bond donors (Lipinski definition) is 1. The number of ether oxygens (including phenoxy) is 2. The van der Waals surface area contributed by atoms with Crippen LogP contribution in [-0.4, -0.2) is 25.2 Å². The van der Waals surface area contributed by atoms with Crippen LogP contribution in [-0.2, 0) is 11.2 Å². The number of carbonyl (C=O) groups excluding carboxylic acids is 2. The molecule has 0 atom stereocenters. The van der Waals surface area contributed by atoms with E-state index in [9.17, 15) is 9.59 Å². The Morgan fingerprint density at radius 2 is 1.92 bits per heavy atom. The quantitative estimate of drug-likeness (QED) is 0.922. The van der Waals surface area contributed by atoms with Crippen molar-refractivity contribution < 1.29 is 19.1 Å². The van der Waals surface area contributed by atoms with Crippen LogP contribution in [0.5, 0.6) is 11.5 Å². The lowest BCUT2D eigenvalue weighted by molar-refractivity contribution is -0.116. The number of nitrogens with one attached hydrogen (secondary N) is 1. The molecule has 0 aliphatic carbocycles. The summed E-state index contributed by atoms with van der Waals surface area (Å²) in [5.74, 6) is 1.04. The van der Waals surface area contributed by atoms with Crippen molar-refractivity contribution in [1.29, 1.82) is 0 Å². The summed E-state index contributed by atoms with van der Waals surface area (Å²) in [4.78, 5) is 25.7. The molecule has 0 fully saturated rings. The molecular formula is C18H16N2O4. The van der Waals surface area contributed by atoms with E-state index >= 15 is 0 Å². The van der Waals surface area contributed by atoms with Gasteiger partial charge in [0, 0.05) is 30.4 Å². The van der Waals surface area contributed by atoms with E-state index in [2.05, 4.69) is 5.32 Å². The summed E-state index contributed by atoms with van der Waals surface area (Å²) in [6.45, 7) is 2.42. The molecule has 0 unspecified atom stereocenters. The lowest BCUT2D eigenvalue weighted by atomic mass is 10.1. The summed E-state index contributed by atoms with van der Waals surface area (Å²) in [6.07, 6.45) is 0.794. The molecule has 1 N–H and O–H groups in total. The summed E-state index contributed by atoms with van der Waals surface area (Å²) in [5, 5.41) is 2.88. The second-order valence-electron chi connectivity index (χ2n) is 5.79. The number of rotatable bonds is 2. The molecule has 24 heavy (non-hydrogen) atoms. The molecular weight excluding hydrogens is 308 g/mol. The fourth-order valence-electron chi connectivity index (χ4n) is 3.05. The van der Waals surface area contributed by atoms with Gasteiger partial charge in [-0.25, -0.2) is 0 Å². The van der Waals surface area contributed by atoms with Crippen molar-refractivity contribution in [3.05, 3.63) is 47.5 Å². The number of nitrogens with zero attached hydrogens (tertiary/aromatic N) is 1. The standard InChI is InChI=1S/C18H16N2O4/c1-11(21)20-7-6-12-8-14(3-4-15(12)20)19-18(22)13-2-5-16-17(9-13)24-10-23-16/h2-5,8-9H,6-7,10H2,1H3,(H,19,22). The molecule has 2 heterocycles. The third-order valence-corrected chi connectivity index (χ3v) is 4.25. The minimum Gasteiger partial charge on any atom is -0.454 e. The number of benzene rings is 2. The van der Waals surface area contributed by atoms with Crippen molar-refractivity contribution in [1.82, 2.24) is 0 Å². The SMILES string of the molecule is CC(=O)N1CCc2cc(NC(=O)c3ccc4c(c3)OCO4)ccc21. The van der Waals surface area contributed by atoms with Crippen molar-refractivity contribution in [2.75, 3.05) is 23.6 Å². The van der Waals surface area contributed by atoms with Crippen LogP contribution in [0, 0.1) is 0 Å². The molecule has 0 bridgehead atoms. The van der Waals surface area contributed by atoms with Crippen molar-refractivity contribution in [3.8, 4) is 11.5 Å². The molecule has 0 saturated carbocycles. The van der Waals surface area contributed by atoms with E-state index in [0.717, 1.165) is 17.7 Å². The zero-order valence-corrected chi connectivity index (χ0v) is 13.2. The Kier molecular flexibility index (Phi) is 3.37. The first kappa shape index (κ1) is 14.6. The van der Waals surface area contributed by atoms with Crippen molar-refractivity contribution >= 4 is 23.2 Å². The van der Waals surface area contributed by atoms with Gasteiger partial charge in [-0.05, 0) is 48.4 Å². The number of hydrogen-bond acceptors (Lipinski definition) is 4. The summed E-state index contributed by atoms with van der Waals surface area (Å²) in [7, 11) is 0. The van der Waals surface area contributed by atoms with Gasteiger partial charge in [-0.2, -0.15) is 0 Å². The molecule has 0 aromatic heterocycles. The Labute approximate surface area is 139 Å². The average Bonchev–Trinajstić information content (AvgIpc) is 3.20. The maximum absolute atomic E-state index is 12.4. The molecule has 0 radical (unpaired) electrons. The predicted molar refractivity (Wildman–Crippen MR) is 88.7 cm³/mol. The largest absolute Gasteiger partial charge is 0.454 e. The van der Waals surface area contributed by atoms with Crippen molar-refractivity contribution in [3.63, 3.8) is 0 Å². The number of fused-ring (bicyclic) bond motifs is 2. The van der Waals surface area contributed by atoms with Gasteiger partial charge in [0.2, 0.25) is 12.7 Å². The Balaban J connectivity index is 1.54. The van der Waals surface area contributed by atoms with Gasteiger partial charge in [-0.1, -0.05) is 0 Å². The minimum absolute atomic E-state index is 0.0332. The van der Waals surface area contributed by atoms with Gasteiger partial charge in [0.15, 0.2) is 11.5 Å². The minimum atomic E-state index is -0.213. The first-order chi connectivity index (χ1) is 11.6. The van der Waals surface area contributed by atoms with Gasteiger partial charge in [-0.3, -0.25) is 9.59 Å². The highest BCUT2D eigenvalue weighted by molar-refractivity contribution is 6.05. The first-order valence-corrected chi connectivity index (χ1v) is 7.74. The number of amides is 2. The van der Waals surface area contributed by atoms with Gasteiger partial charge < -0.3 is 19.7 Å². The average molecular weight is 324 g/mol. The van der Waals surface area contributed by atoms with Crippen LogP contribution in [0.15, 0.2) is 36.4 Å². The molecule has 0 saturated heterocycles. The Morgan fingerprint density at radius 3 is 2.75 bits per heavy atom. The molecule has 2 aliphatic rings. The zero-order valence-electron chi connectivity index (χ0n) is 13.2. The van der Waals surface area contributed by atoms with Gasteiger partial charge in [-0.15, -0.1) is 0 Å². The van der Waals surface area contributed by atoms with Crippen molar-refractivity contribution in [2.24, 2.45) is 0 Å². The number of carbonyl (C=O) groups is 2. The molecule has 2 aromatic carbocycles. The lowest BCUT2D eigenvalue weighted by Crippen LogP contribution is -2.25. The highest BCUT2D eigenvalue weighted by atomic mass is 16.7. The van der Waals surface area contributed by atoms with E-state index in [1.807, 2.05) is 18.2 Å². The van der Waals surface area contributed by atoms with E-state index in [-0.39, 0.29) is 18.6 Å². The predicted octanol–water partition coefficient (Wildman–Crippen LogP) is 2.58. The summed E-state index contributed by atoms with van der Waals surface area (Å²) in [6, 6.07) is 10.7. The monoisotopic (exact) mass is 324 g/mol. The lowest BCUT2D eigenvalue weighted by Gasteiger charge is -2.15. The van der Waals surface area contributed by atoms with E-state index < -0.39 is 0 Å². The molecule has 6 heteroatoms. The first-order valence-electron chi connectivity index (χ1n) is 7.74. The highest BCUT2D eigenvalue weighted by Gasteiger charge is 2.22. The third-order valence-electron chi connectivity index (χ3n) is 4.25. The molecule has 2 aromatic rings. The third kappa shape index (κ3) is 2.46. The second-order valence-corrected chi connectivity index (χ2v) is 5.79. The van der Waals surface area contributed by atoms with Crippen LogP contribution in [0.25, 0.3) is 0 Å². The van der Waals surface area contributed by atoms with Gasteiger partial charge in [0.25, 0.3) is 5.91 Å². The van der Waals surface area contributed by atoms with E-state index in [1.165, 1.54) is 0 Å². The van der Waals surface area contributed by atoms with Gasteiger partial charge in [0.1, 0.15) is 0 Å². The fourth-order valence-corrected chi connectivity index (χ4v) is 3.05. The molecule has 0 spiro atoms. The van der Waals surface area contributed by atoms with E-state index in [1.54, 1.807) is 30.0 Å². The highest BCUT2D eigenvalue weighted by Crippen LogP contribution is 2.33. The van der Waals surface area contributed by atoms with Crippen LogP contribution in [0.4, 0.5) is 11.4 Å². The maximum Gasteiger partial charge on any atom is 0.255 e. The fraction of sp³-hybridized carbons (Fsp3) is 0.222. The van der Waals surface area contributed by atoms with Crippen LogP contribution < -0.4 is 19.7 Å². The van der Waals surface area contributed by atoms with Gasteiger partial charge >= 0.3 is 0 Å². The molecule has 122 valence electrons. The molecule has 2 amide bonds. The summed E-state index contributed by atoms with van der Waals surface area (Å²) in [5.41, 5.74) is 3.20. The van der Waals surface area contributed by atoms with Crippen LogP contribution >= 0.6 is 0 Å². The molecule has 2 aliphatic heterocycles. The topological polar surface area (TPSA) is 67.9 Å². The van der Waals surface area contributed by atoms with Gasteiger partial charge in [0.05, 0.1) is 0 Å². The Hall–Kier alpha value is -3.02. The normalized spacial score (nSPS) is 14.5. The molecule has 6 nitrogen and oxygen atoms in total. The second kappa shape index (κ2) is 5.56. The number of anilines is 2. The zero-order chi connectivity index (χ0) is 16.7. The Bertz CT molecular complexity index is 847. The summed E-state index contributed by atoms with van der Waals surface area (Å²) >= 11 is 0. The van der Waals surface area contributed by atoms with Crippen LogP contribution in [0.2, 0.25) is 0 Å². The van der Waals surface area contributed by atoms with E-state index in [4.69, 9.17) is 9.47 Å². The van der Waals surface area contributed by atoms with Crippen molar-refractivity contribution in [2.45, 2.75) is 13.3 Å². The molecule has 4 rings (SSSR count). The Morgan fingerprint density at radius 1 is 1.08 bits per heavy atom. The van der Waals surface area contributed by atoms with Crippen LogP contribution in [0.3, 0.4) is 0 Å². The van der Waals surface area contributed by atoms with E-state index in [0.29, 0.717) is 29.3 Å². The smallest absolute Gasteiger partial charge is 0.255 e. The summed E-state index contributed by atoms with van der Waals surface area (Å²) < 4.78 is 10.5. The maximum atomic E-state index is 12.4.